The minimum absolute atomic E-state index is 0.0825. The number of nitrogens with two attached hydrogens (primary N) is 2. The van der Waals surface area contributed by atoms with Crippen molar-refractivity contribution < 1.29 is 9.47 Å². The lowest BCUT2D eigenvalue weighted by molar-refractivity contribution is 0.335. The van der Waals surface area contributed by atoms with Crippen LogP contribution in [0.1, 0.15) is 0 Å². The number of hydrogen-bond donors (Lipinski definition) is 2. The summed E-state index contributed by atoms with van der Waals surface area (Å²) in [5.74, 6) is 0.720. The molecule has 0 aromatic heterocycles. The fourth-order valence-corrected chi connectivity index (χ4v) is 0.521. The van der Waals surface area contributed by atoms with Crippen LogP contribution < -0.4 is 10.9 Å². The first-order valence-corrected chi connectivity index (χ1v) is 4.75. The summed E-state index contributed by atoms with van der Waals surface area (Å²) >= 11 is 5.62. The van der Waals surface area contributed by atoms with E-state index in [0.717, 1.165) is 5.75 Å². The Hall–Kier alpha value is -0.720. The lowest BCUT2D eigenvalue weighted by Crippen LogP contribution is -2.14. The largest absolute Gasteiger partial charge is 0.474 e. The van der Waals surface area contributed by atoms with Gasteiger partial charge in [0, 0.05) is 5.75 Å². The Morgan fingerprint density at radius 3 is 2.23 bits per heavy atom. The van der Waals surface area contributed by atoms with Crippen molar-refractivity contribution in [2.24, 2.45) is 10.9 Å². The Labute approximate surface area is 88.1 Å². The smallest absolute Gasteiger partial charge is 0.253 e. The fourth-order valence-electron chi connectivity index (χ4n) is 0.258. The molecule has 0 aliphatic heterocycles. The summed E-state index contributed by atoms with van der Waals surface area (Å²) in [5.41, 5.74) is 4.99. The summed E-state index contributed by atoms with van der Waals surface area (Å²) in [4.78, 5) is 0. The molecule has 0 bridgehead atoms. The topological polar surface area (TPSA) is 70.5 Å². The molecular weight excluding hydrogens is 208 g/mol. The molecule has 0 aromatic rings. The van der Waals surface area contributed by atoms with Crippen LogP contribution in [-0.4, -0.2) is 17.5 Å². The molecular formula is C7H14N2O2S2. The third kappa shape index (κ3) is 24.6. The minimum Gasteiger partial charge on any atom is -0.474 e. The molecule has 0 aliphatic carbocycles. The second-order valence-corrected chi connectivity index (χ2v) is 2.65. The molecule has 0 unspecified atom stereocenters. The van der Waals surface area contributed by atoms with Gasteiger partial charge in [0.25, 0.3) is 5.17 Å². The highest BCUT2D eigenvalue weighted by molar-refractivity contribution is 7.97. The Balaban J connectivity index is 0. The van der Waals surface area contributed by atoms with Gasteiger partial charge in [-0.15, -0.1) is 0 Å². The van der Waals surface area contributed by atoms with E-state index in [9.17, 15) is 0 Å². The van der Waals surface area contributed by atoms with Crippen LogP contribution in [0, 0.1) is 0 Å². The lowest BCUT2D eigenvalue weighted by Gasteiger charge is -1.98. The van der Waals surface area contributed by atoms with Crippen LogP contribution in [-0.2, 0) is 9.47 Å². The summed E-state index contributed by atoms with van der Waals surface area (Å²) in [5, 5.41) is 5.15. The van der Waals surface area contributed by atoms with E-state index in [2.05, 4.69) is 30.1 Å². The van der Waals surface area contributed by atoms with Crippen LogP contribution in [0.15, 0.2) is 25.7 Å². The predicted molar refractivity (Wildman–Crippen MR) is 60.9 cm³/mol. The molecule has 0 spiro atoms. The molecule has 76 valence electrons. The van der Waals surface area contributed by atoms with Crippen molar-refractivity contribution in [2.75, 3.05) is 12.4 Å². The molecule has 0 saturated heterocycles. The Bertz CT molecular complexity index is 147. The first kappa shape index (κ1) is 14.8. The van der Waals surface area contributed by atoms with E-state index in [1.54, 1.807) is 0 Å². The van der Waals surface area contributed by atoms with E-state index in [0.29, 0.717) is 6.61 Å². The second kappa shape index (κ2) is 13.8. The van der Waals surface area contributed by atoms with Crippen molar-refractivity contribution >= 4 is 29.3 Å². The van der Waals surface area contributed by atoms with Gasteiger partial charge in [0.05, 0.1) is 12.5 Å². The molecule has 0 amide bonds. The number of thiocarbonyl (C=S) groups is 1. The molecule has 0 saturated carbocycles. The lowest BCUT2D eigenvalue weighted by atomic mass is 10.9. The standard InChI is InChI=1S/C4H6O.C3H8N2OS2/c1-3-5-4-2;4-3(7)6-1-2-8-5/h3-4H,1-2H2;1-2,5H2,(H2,4,7). The highest BCUT2D eigenvalue weighted by Gasteiger charge is 1.85. The van der Waals surface area contributed by atoms with E-state index in [1.165, 1.54) is 24.5 Å². The van der Waals surface area contributed by atoms with Crippen molar-refractivity contribution in [1.82, 2.24) is 0 Å². The molecule has 4 nitrogen and oxygen atoms in total. The van der Waals surface area contributed by atoms with E-state index in [4.69, 9.17) is 15.6 Å². The first-order valence-electron chi connectivity index (χ1n) is 3.30. The molecule has 0 aliphatic rings. The van der Waals surface area contributed by atoms with Gasteiger partial charge in [0.2, 0.25) is 0 Å². The van der Waals surface area contributed by atoms with Gasteiger partial charge < -0.3 is 15.2 Å². The second-order valence-electron chi connectivity index (χ2n) is 1.51. The van der Waals surface area contributed by atoms with Gasteiger partial charge in [0.1, 0.15) is 6.61 Å². The van der Waals surface area contributed by atoms with Crippen LogP contribution in [0.25, 0.3) is 0 Å². The van der Waals surface area contributed by atoms with E-state index >= 15 is 0 Å². The van der Waals surface area contributed by atoms with Crippen molar-refractivity contribution in [3.05, 3.63) is 25.7 Å². The highest BCUT2D eigenvalue weighted by atomic mass is 32.2. The zero-order chi connectivity index (χ0) is 10.5. The maximum absolute atomic E-state index is 5.07. The molecule has 13 heavy (non-hydrogen) atoms. The quantitative estimate of drug-likeness (QED) is 0.315. The molecule has 6 heteroatoms. The summed E-state index contributed by atoms with van der Waals surface area (Å²) in [6.45, 7) is 7.01. The van der Waals surface area contributed by atoms with Gasteiger partial charge in [-0.2, -0.15) is 0 Å². The maximum Gasteiger partial charge on any atom is 0.253 e. The van der Waals surface area contributed by atoms with E-state index in [1.807, 2.05) is 0 Å². The maximum atomic E-state index is 5.07. The number of rotatable bonds is 5. The Morgan fingerprint density at radius 1 is 1.46 bits per heavy atom. The minimum atomic E-state index is 0.0825. The SMILES string of the molecule is C=COC=C.NSCCOC(N)=S. The van der Waals surface area contributed by atoms with Crippen LogP contribution in [0.5, 0.6) is 0 Å². The average molecular weight is 222 g/mol. The predicted octanol–water partition coefficient (Wildman–Crippen LogP) is 1.14. The average Bonchev–Trinajstić information content (AvgIpc) is 2.07. The van der Waals surface area contributed by atoms with Crippen molar-refractivity contribution in [2.45, 2.75) is 0 Å². The Kier molecular flexibility index (Phi) is 15.7. The van der Waals surface area contributed by atoms with Gasteiger partial charge in [0.15, 0.2) is 0 Å². The summed E-state index contributed by atoms with van der Waals surface area (Å²) in [6.07, 6.45) is 2.62. The molecule has 0 fully saturated rings. The van der Waals surface area contributed by atoms with Gasteiger partial charge in [-0.05, 0) is 12.2 Å². The van der Waals surface area contributed by atoms with Gasteiger partial charge >= 0.3 is 0 Å². The van der Waals surface area contributed by atoms with E-state index in [-0.39, 0.29) is 5.17 Å². The molecule has 0 atom stereocenters. The first-order chi connectivity index (χ1) is 6.18. The highest BCUT2D eigenvalue weighted by Crippen LogP contribution is 1.84. The normalized spacial score (nSPS) is 7.46. The number of hydrogen-bond acceptors (Lipinski definition) is 5. The van der Waals surface area contributed by atoms with Gasteiger partial charge in [-0.3, -0.25) is 5.14 Å². The summed E-state index contributed by atoms with van der Waals surface area (Å²) in [7, 11) is 0. The third-order valence-electron chi connectivity index (χ3n) is 0.638. The molecule has 0 aromatic carbocycles. The van der Waals surface area contributed by atoms with E-state index < -0.39 is 0 Å². The summed E-state index contributed by atoms with van der Waals surface area (Å²) in [6, 6.07) is 0. The fraction of sp³-hybridized carbons (Fsp3) is 0.286. The van der Waals surface area contributed by atoms with Crippen molar-refractivity contribution in [3.63, 3.8) is 0 Å². The van der Waals surface area contributed by atoms with Crippen molar-refractivity contribution in [1.29, 1.82) is 0 Å². The van der Waals surface area contributed by atoms with Crippen molar-refractivity contribution in [3.8, 4) is 0 Å². The zero-order valence-corrected chi connectivity index (χ0v) is 8.90. The zero-order valence-electron chi connectivity index (χ0n) is 7.27. The van der Waals surface area contributed by atoms with Gasteiger partial charge in [-0.25, -0.2) is 0 Å². The molecule has 4 N–H and O–H groups in total. The molecule has 0 radical (unpaired) electrons. The number of ether oxygens (including phenoxy) is 2. The third-order valence-corrected chi connectivity index (χ3v) is 1.16. The molecule has 0 heterocycles. The summed E-state index contributed by atoms with van der Waals surface area (Å²) < 4.78 is 9.05. The Morgan fingerprint density at radius 2 is 2.00 bits per heavy atom. The van der Waals surface area contributed by atoms with Crippen LogP contribution in [0.3, 0.4) is 0 Å². The molecule has 0 rings (SSSR count). The monoisotopic (exact) mass is 222 g/mol. The van der Waals surface area contributed by atoms with Crippen LogP contribution >= 0.6 is 24.2 Å². The van der Waals surface area contributed by atoms with Crippen LogP contribution in [0.4, 0.5) is 0 Å². The van der Waals surface area contributed by atoms with Gasteiger partial charge in [-0.1, -0.05) is 25.1 Å². The van der Waals surface area contributed by atoms with Crippen LogP contribution in [0.2, 0.25) is 0 Å².